The highest BCUT2D eigenvalue weighted by Gasteiger charge is 2.18. The van der Waals surface area contributed by atoms with Crippen LogP contribution >= 0.6 is 11.8 Å². The zero-order valence-electron chi connectivity index (χ0n) is 12.9. The van der Waals surface area contributed by atoms with Gasteiger partial charge < -0.3 is 11.1 Å². The third-order valence-corrected chi connectivity index (χ3v) is 4.13. The zero-order chi connectivity index (χ0) is 15.9. The lowest BCUT2D eigenvalue weighted by Gasteiger charge is -2.20. The molecule has 3 N–H and O–H groups in total. The molecule has 5 nitrogen and oxygen atoms in total. The Kier molecular flexibility index (Phi) is 6.03. The molecule has 1 amide bonds. The van der Waals surface area contributed by atoms with E-state index < -0.39 is 6.04 Å². The van der Waals surface area contributed by atoms with Crippen molar-refractivity contribution in [3.05, 3.63) is 48.3 Å². The molecule has 1 heterocycles. The van der Waals surface area contributed by atoms with Crippen molar-refractivity contribution in [1.82, 2.24) is 15.1 Å². The molecule has 0 fully saturated rings. The average Bonchev–Trinajstić information content (AvgIpc) is 3.06. The second kappa shape index (κ2) is 8.00. The van der Waals surface area contributed by atoms with Crippen LogP contribution in [0.1, 0.15) is 24.9 Å². The van der Waals surface area contributed by atoms with Crippen molar-refractivity contribution in [2.75, 3.05) is 12.0 Å². The molecule has 0 saturated carbocycles. The molecule has 2 atom stereocenters. The molecule has 0 aliphatic heterocycles. The summed E-state index contributed by atoms with van der Waals surface area (Å²) in [6, 6.07) is 9.17. The monoisotopic (exact) mass is 318 g/mol. The van der Waals surface area contributed by atoms with Crippen molar-refractivity contribution < 1.29 is 4.79 Å². The molecule has 1 aromatic carbocycles. The Hall–Kier alpha value is -1.79. The van der Waals surface area contributed by atoms with Gasteiger partial charge in [-0.1, -0.05) is 18.2 Å². The molecule has 118 valence electrons. The molecule has 22 heavy (non-hydrogen) atoms. The molecular weight excluding hydrogens is 296 g/mol. The minimum Gasteiger partial charge on any atom is -0.348 e. The lowest BCUT2D eigenvalue weighted by Crippen LogP contribution is -2.42. The number of amides is 1. The Balaban J connectivity index is 2.10. The van der Waals surface area contributed by atoms with E-state index in [1.165, 1.54) is 0 Å². The van der Waals surface area contributed by atoms with Crippen LogP contribution in [0.4, 0.5) is 0 Å². The molecular formula is C16H22N4OS. The van der Waals surface area contributed by atoms with Crippen molar-refractivity contribution in [3.63, 3.8) is 0 Å². The summed E-state index contributed by atoms with van der Waals surface area (Å²) in [6.45, 7) is 1.96. The molecule has 2 rings (SSSR count). The highest BCUT2D eigenvalue weighted by molar-refractivity contribution is 7.98. The summed E-state index contributed by atoms with van der Waals surface area (Å²) in [6.07, 6.45) is 6.31. The zero-order valence-corrected chi connectivity index (χ0v) is 13.7. The maximum Gasteiger partial charge on any atom is 0.237 e. The summed E-state index contributed by atoms with van der Waals surface area (Å²) >= 11 is 1.69. The Morgan fingerprint density at radius 2 is 2.18 bits per heavy atom. The average molecular weight is 318 g/mol. The first-order valence-electron chi connectivity index (χ1n) is 7.27. The summed E-state index contributed by atoms with van der Waals surface area (Å²) in [7, 11) is 0. The van der Waals surface area contributed by atoms with Crippen molar-refractivity contribution >= 4 is 17.7 Å². The molecule has 0 radical (unpaired) electrons. The van der Waals surface area contributed by atoms with Crippen LogP contribution in [0.3, 0.4) is 0 Å². The second-order valence-electron chi connectivity index (χ2n) is 5.13. The number of carbonyl (C=O) groups is 1. The van der Waals surface area contributed by atoms with Gasteiger partial charge in [0.25, 0.3) is 0 Å². The number of hydrogen-bond acceptors (Lipinski definition) is 4. The van der Waals surface area contributed by atoms with Crippen LogP contribution in [0.25, 0.3) is 5.69 Å². The van der Waals surface area contributed by atoms with Crippen LogP contribution < -0.4 is 11.1 Å². The first-order chi connectivity index (χ1) is 10.6. The lowest BCUT2D eigenvalue weighted by atomic mass is 10.1. The van der Waals surface area contributed by atoms with Crippen molar-refractivity contribution in [1.29, 1.82) is 0 Å². The van der Waals surface area contributed by atoms with E-state index in [2.05, 4.69) is 10.4 Å². The fourth-order valence-corrected chi connectivity index (χ4v) is 2.74. The molecule has 0 bridgehead atoms. The van der Waals surface area contributed by atoms with Gasteiger partial charge in [-0.05, 0) is 43.0 Å². The largest absolute Gasteiger partial charge is 0.348 e. The van der Waals surface area contributed by atoms with Crippen molar-refractivity contribution in [2.45, 2.75) is 25.4 Å². The predicted octanol–water partition coefficient (Wildman–Crippen LogP) is 2.13. The number of nitrogens with zero attached hydrogens (tertiary/aromatic N) is 2. The van der Waals surface area contributed by atoms with Crippen LogP contribution in [0.15, 0.2) is 42.7 Å². The number of hydrogen-bond donors (Lipinski definition) is 2. The topological polar surface area (TPSA) is 72.9 Å². The maximum atomic E-state index is 12.2. The first kappa shape index (κ1) is 16.6. The SMILES string of the molecule is CSCC[C@H](N)C(=O)NC(C)c1ccccc1-n1cccn1. The number of thioether (sulfide) groups is 1. The van der Waals surface area contributed by atoms with Crippen LogP contribution in [0.2, 0.25) is 0 Å². The molecule has 2 aromatic rings. The number of rotatable bonds is 7. The quantitative estimate of drug-likeness (QED) is 0.820. The van der Waals surface area contributed by atoms with Crippen LogP contribution in [0.5, 0.6) is 0 Å². The van der Waals surface area contributed by atoms with E-state index in [9.17, 15) is 4.79 Å². The standard InChI is InChI=1S/C16H22N4OS/c1-12(19-16(21)14(17)8-11-22-2)13-6-3-4-7-15(13)20-10-5-9-18-20/h3-7,9-10,12,14H,8,11,17H2,1-2H3,(H,19,21)/t12?,14-/m0/s1. The van der Waals surface area contributed by atoms with Crippen molar-refractivity contribution in [3.8, 4) is 5.69 Å². The summed E-state index contributed by atoms with van der Waals surface area (Å²) in [5.74, 6) is 0.768. The molecule has 1 aromatic heterocycles. The van der Waals surface area contributed by atoms with Crippen LogP contribution in [-0.4, -0.2) is 33.7 Å². The number of nitrogens with one attached hydrogen (secondary N) is 1. The van der Waals surface area contributed by atoms with Crippen LogP contribution in [-0.2, 0) is 4.79 Å². The van der Waals surface area contributed by atoms with Gasteiger partial charge in [0.15, 0.2) is 0 Å². The van der Waals surface area contributed by atoms with Crippen molar-refractivity contribution in [2.24, 2.45) is 5.73 Å². The van der Waals surface area contributed by atoms with E-state index in [-0.39, 0.29) is 11.9 Å². The van der Waals surface area contributed by atoms with Crippen LogP contribution in [0, 0.1) is 0 Å². The lowest BCUT2D eigenvalue weighted by molar-refractivity contribution is -0.123. The van der Waals surface area contributed by atoms with Gasteiger partial charge in [-0.25, -0.2) is 4.68 Å². The number of nitrogens with two attached hydrogens (primary N) is 1. The van der Waals surface area contributed by atoms with E-state index in [0.717, 1.165) is 17.0 Å². The van der Waals surface area contributed by atoms with E-state index in [0.29, 0.717) is 6.42 Å². The van der Waals surface area contributed by atoms with Gasteiger partial charge in [-0.15, -0.1) is 0 Å². The number of aromatic nitrogens is 2. The van der Waals surface area contributed by atoms with Gasteiger partial charge >= 0.3 is 0 Å². The Morgan fingerprint density at radius 3 is 2.86 bits per heavy atom. The van der Waals surface area contributed by atoms with E-state index >= 15 is 0 Å². The minimum absolute atomic E-state index is 0.114. The number of para-hydroxylation sites is 1. The molecule has 1 unspecified atom stereocenters. The number of carbonyl (C=O) groups excluding carboxylic acids is 1. The summed E-state index contributed by atoms with van der Waals surface area (Å²) in [5.41, 5.74) is 7.89. The maximum absolute atomic E-state index is 12.2. The highest BCUT2D eigenvalue weighted by Crippen LogP contribution is 2.21. The normalized spacial score (nSPS) is 13.6. The van der Waals surface area contributed by atoms with Gasteiger partial charge in [0, 0.05) is 12.4 Å². The first-order valence-corrected chi connectivity index (χ1v) is 8.66. The van der Waals surface area contributed by atoms with Gasteiger partial charge in [0.1, 0.15) is 0 Å². The summed E-state index contributed by atoms with van der Waals surface area (Å²) in [5, 5.41) is 7.25. The van der Waals surface area contributed by atoms with Gasteiger partial charge in [0.05, 0.1) is 17.8 Å². The van der Waals surface area contributed by atoms with E-state index in [1.54, 1.807) is 22.6 Å². The highest BCUT2D eigenvalue weighted by atomic mass is 32.2. The fraction of sp³-hybridized carbons (Fsp3) is 0.375. The summed E-state index contributed by atoms with van der Waals surface area (Å²) < 4.78 is 1.80. The predicted molar refractivity (Wildman–Crippen MR) is 91.1 cm³/mol. The Morgan fingerprint density at radius 1 is 1.41 bits per heavy atom. The van der Waals surface area contributed by atoms with Gasteiger partial charge in [0.2, 0.25) is 5.91 Å². The smallest absolute Gasteiger partial charge is 0.237 e. The second-order valence-corrected chi connectivity index (χ2v) is 6.11. The molecule has 0 saturated heterocycles. The van der Waals surface area contributed by atoms with E-state index in [4.69, 9.17) is 5.73 Å². The third kappa shape index (κ3) is 4.11. The Bertz CT molecular complexity index is 600. The number of benzene rings is 1. The third-order valence-electron chi connectivity index (χ3n) is 3.48. The fourth-order valence-electron chi connectivity index (χ4n) is 2.25. The Labute approximate surface area is 135 Å². The van der Waals surface area contributed by atoms with Gasteiger partial charge in [-0.3, -0.25) is 4.79 Å². The molecule has 6 heteroatoms. The molecule has 0 aliphatic rings. The van der Waals surface area contributed by atoms with E-state index in [1.807, 2.05) is 49.7 Å². The van der Waals surface area contributed by atoms with Gasteiger partial charge in [-0.2, -0.15) is 16.9 Å². The molecule has 0 spiro atoms. The molecule has 0 aliphatic carbocycles. The summed E-state index contributed by atoms with van der Waals surface area (Å²) in [4.78, 5) is 12.2. The minimum atomic E-state index is -0.466.